The Morgan fingerprint density at radius 2 is 2.26 bits per heavy atom. The quantitative estimate of drug-likeness (QED) is 0.700. The average molecular weight is 255 g/mol. The lowest BCUT2D eigenvalue weighted by Crippen LogP contribution is -2.08. The van der Waals surface area contributed by atoms with Crippen LogP contribution >= 0.6 is 0 Å². The van der Waals surface area contributed by atoms with Gasteiger partial charge in [-0.3, -0.25) is 0 Å². The summed E-state index contributed by atoms with van der Waals surface area (Å²) in [7, 11) is 0. The highest BCUT2D eigenvalue weighted by Gasteiger charge is 2.17. The predicted octanol–water partition coefficient (Wildman–Crippen LogP) is 2.48. The molecule has 0 saturated heterocycles. The number of aromatic nitrogens is 2. The molecule has 3 aromatic rings. The maximum atomic E-state index is 5.77. The van der Waals surface area contributed by atoms with Crippen molar-refractivity contribution in [1.82, 2.24) is 10.1 Å². The van der Waals surface area contributed by atoms with Crippen LogP contribution in [0, 0.1) is 0 Å². The lowest BCUT2D eigenvalue weighted by atomic mass is 10.0. The number of hydrogen-bond acceptors (Lipinski definition) is 4. The van der Waals surface area contributed by atoms with Crippen molar-refractivity contribution in [1.29, 1.82) is 0 Å². The predicted molar refractivity (Wildman–Crippen MR) is 71.6 cm³/mol. The van der Waals surface area contributed by atoms with Gasteiger partial charge in [-0.25, -0.2) is 0 Å². The number of fused-ring (bicyclic) bond motifs is 3. The number of ether oxygens (including phenoxy) is 1. The second-order valence-electron chi connectivity index (χ2n) is 4.75. The SMILES string of the molecule is Nc1oncc1-c1ccc2[nH]c3c(c2c1)COCC3. The monoisotopic (exact) mass is 255 g/mol. The third-order valence-electron chi connectivity index (χ3n) is 3.65. The highest BCUT2D eigenvalue weighted by atomic mass is 16.5. The first-order valence-electron chi connectivity index (χ1n) is 6.24. The first kappa shape index (κ1) is 10.6. The number of H-pyrrole nitrogens is 1. The fourth-order valence-electron chi connectivity index (χ4n) is 2.66. The van der Waals surface area contributed by atoms with E-state index in [0.717, 1.165) is 29.7 Å². The van der Waals surface area contributed by atoms with E-state index in [1.165, 1.54) is 16.6 Å². The van der Waals surface area contributed by atoms with E-state index in [4.69, 9.17) is 15.0 Å². The molecule has 0 aliphatic carbocycles. The molecule has 0 radical (unpaired) electrons. The molecule has 1 aliphatic rings. The van der Waals surface area contributed by atoms with Crippen molar-refractivity contribution in [2.24, 2.45) is 0 Å². The molecular weight excluding hydrogens is 242 g/mol. The molecule has 0 bridgehead atoms. The van der Waals surface area contributed by atoms with E-state index in [9.17, 15) is 0 Å². The highest BCUT2D eigenvalue weighted by molar-refractivity contribution is 5.90. The van der Waals surface area contributed by atoms with E-state index in [1.54, 1.807) is 6.20 Å². The fourth-order valence-corrected chi connectivity index (χ4v) is 2.66. The van der Waals surface area contributed by atoms with Gasteiger partial charge in [-0.15, -0.1) is 0 Å². The van der Waals surface area contributed by atoms with Crippen LogP contribution in [-0.4, -0.2) is 16.7 Å². The molecule has 0 amide bonds. The lowest BCUT2D eigenvalue weighted by molar-refractivity contribution is 0.111. The van der Waals surface area contributed by atoms with Gasteiger partial charge in [0.05, 0.1) is 25.0 Å². The van der Waals surface area contributed by atoms with Gasteiger partial charge in [0.15, 0.2) is 0 Å². The molecule has 5 nitrogen and oxygen atoms in total. The van der Waals surface area contributed by atoms with Crippen molar-refractivity contribution in [3.63, 3.8) is 0 Å². The Kier molecular flexibility index (Phi) is 2.16. The van der Waals surface area contributed by atoms with Crippen molar-refractivity contribution in [2.75, 3.05) is 12.3 Å². The van der Waals surface area contributed by atoms with Crippen molar-refractivity contribution in [2.45, 2.75) is 13.0 Å². The summed E-state index contributed by atoms with van der Waals surface area (Å²) in [5, 5.41) is 4.91. The zero-order valence-corrected chi connectivity index (χ0v) is 10.3. The molecule has 0 fully saturated rings. The first-order chi connectivity index (χ1) is 9.33. The molecular formula is C14H13N3O2. The van der Waals surface area contributed by atoms with E-state index in [-0.39, 0.29) is 0 Å². The summed E-state index contributed by atoms with van der Waals surface area (Å²) in [6.45, 7) is 1.45. The van der Waals surface area contributed by atoms with Crippen molar-refractivity contribution in [3.8, 4) is 11.1 Å². The van der Waals surface area contributed by atoms with Crippen LogP contribution in [0.2, 0.25) is 0 Å². The Balaban J connectivity index is 1.93. The lowest BCUT2D eigenvalue weighted by Gasteiger charge is -2.11. The van der Waals surface area contributed by atoms with E-state index >= 15 is 0 Å². The summed E-state index contributed by atoms with van der Waals surface area (Å²) in [5.41, 5.74) is 11.3. The molecule has 96 valence electrons. The van der Waals surface area contributed by atoms with Gasteiger partial charge < -0.3 is 20.0 Å². The third kappa shape index (κ3) is 1.55. The summed E-state index contributed by atoms with van der Waals surface area (Å²) in [4.78, 5) is 3.45. The van der Waals surface area contributed by atoms with Crippen LogP contribution in [0.15, 0.2) is 28.9 Å². The minimum atomic E-state index is 0.347. The number of nitrogens with one attached hydrogen (secondary N) is 1. The van der Waals surface area contributed by atoms with Gasteiger partial charge >= 0.3 is 0 Å². The molecule has 1 aliphatic heterocycles. The van der Waals surface area contributed by atoms with Crippen LogP contribution < -0.4 is 5.73 Å². The number of nitrogen functional groups attached to an aromatic ring is 1. The summed E-state index contributed by atoms with van der Waals surface area (Å²) in [5.74, 6) is 0.347. The number of rotatable bonds is 1. The van der Waals surface area contributed by atoms with Crippen molar-refractivity contribution in [3.05, 3.63) is 35.7 Å². The minimum absolute atomic E-state index is 0.347. The number of hydrogen-bond donors (Lipinski definition) is 2. The number of nitrogens with zero attached hydrogens (tertiary/aromatic N) is 1. The molecule has 0 spiro atoms. The van der Waals surface area contributed by atoms with Crippen molar-refractivity contribution < 1.29 is 9.26 Å². The molecule has 4 rings (SSSR count). The van der Waals surface area contributed by atoms with Crippen LogP contribution in [-0.2, 0) is 17.8 Å². The fraction of sp³-hybridized carbons (Fsp3) is 0.214. The minimum Gasteiger partial charge on any atom is -0.376 e. The summed E-state index contributed by atoms with van der Waals surface area (Å²) in [6.07, 6.45) is 2.58. The van der Waals surface area contributed by atoms with Crippen LogP contribution in [0.1, 0.15) is 11.3 Å². The number of aromatic amines is 1. The van der Waals surface area contributed by atoms with Crippen LogP contribution in [0.3, 0.4) is 0 Å². The van der Waals surface area contributed by atoms with Crippen molar-refractivity contribution >= 4 is 16.8 Å². The van der Waals surface area contributed by atoms with Gasteiger partial charge in [0.2, 0.25) is 5.88 Å². The molecule has 0 atom stereocenters. The smallest absolute Gasteiger partial charge is 0.229 e. The Labute approximate surface area is 109 Å². The van der Waals surface area contributed by atoms with E-state index in [0.29, 0.717) is 12.5 Å². The number of anilines is 1. The Morgan fingerprint density at radius 3 is 3.11 bits per heavy atom. The highest BCUT2D eigenvalue weighted by Crippen LogP contribution is 2.32. The van der Waals surface area contributed by atoms with Crippen LogP contribution in [0.25, 0.3) is 22.0 Å². The largest absolute Gasteiger partial charge is 0.376 e. The summed E-state index contributed by atoms with van der Waals surface area (Å²) in [6, 6.07) is 6.20. The second kappa shape index (κ2) is 3.86. The number of nitrogens with two attached hydrogens (primary N) is 1. The molecule has 5 heteroatoms. The molecule has 3 N–H and O–H groups in total. The van der Waals surface area contributed by atoms with Gasteiger partial charge in [-0.2, -0.15) is 0 Å². The summed E-state index contributed by atoms with van der Waals surface area (Å²) < 4.78 is 10.5. The standard InChI is InChI=1S/C14H13N3O2/c15-14-10(6-16-19-14)8-1-2-12-9(5-8)11-7-18-4-3-13(11)17-12/h1-2,5-6,17H,3-4,7,15H2. The zero-order chi connectivity index (χ0) is 12.8. The topological polar surface area (TPSA) is 77.1 Å². The number of benzene rings is 1. The Morgan fingerprint density at radius 1 is 1.32 bits per heavy atom. The molecule has 19 heavy (non-hydrogen) atoms. The molecule has 3 heterocycles. The second-order valence-corrected chi connectivity index (χ2v) is 4.75. The maximum absolute atomic E-state index is 5.77. The average Bonchev–Trinajstić information content (AvgIpc) is 3.01. The normalized spacial score (nSPS) is 14.7. The molecule has 0 unspecified atom stereocenters. The van der Waals surface area contributed by atoms with Gasteiger partial charge in [-0.1, -0.05) is 11.2 Å². The van der Waals surface area contributed by atoms with Crippen LogP contribution in [0.5, 0.6) is 0 Å². The maximum Gasteiger partial charge on any atom is 0.229 e. The van der Waals surface area contributed by atoms with E-state index in [2.05, 4.69) is 22.3 Å². The molecule has 0 saturated carbocycles. The molecule has 2 aromatic heterocycles. The third-order valence-corrected chi connectivity index (χ3v) is 3.65. The van der Waals surface area contributed by atoms with Gasteiger partial charge in [0.1, 0.15) is 0 Å². The van der Waals surface area contributed by atoms with Gasteiger partial charge in [-0.05, 0) is 17.7 Å². The van der Waals surface area contributed by atoms with E-state index in [1.807, 2.05) is 6.07 Å². The molecule has 1 aromatic carbocycles. The Bertz CT molecular complexity index is 757. The van der Waals surface area contributed by atoms with Gasteiger partial charge in [0, 0.05) is 28.6 Å². The first-order valence-corrected chi connectivity index (χ1v) is 6.24. The van der Waals surface area contributed by atoms with Gasteiger partial charge in [0.25, 0.3) is 0 Å². The van der Waals surface area contributed by atoms with Crippen LogP contribution in [0.4, 0.5) is 5.88 Å². The zero-order valence-electron chi connectivity index (χ0n) is 10.3. The summed E-state index contributed by atoms with van der Waals surface area (Å²) >= 11 is 0. The van der Waals surface area contributed by atoms with E-state index < -0.39 is 0 Å². The Hall–Kier alpha value is -2.27.